The van der Waals surface area contributed by atoms with Crippen LogP contribution in [-0.4, -0.2) is 17.5 Å². The zero-order valence-electron chi connectivity index (χ0n) is 16.5. The van der Waals surface area contributed by atoms with Gasteiger partial charge in [-0.2, -0.15) is 0 Å². The van der Waals surface area contributed by atoms with Crippen LogP contribution in [0.3, 0.4) is 0 Å². The molecule has 1 aromatic carbocycles. The second-order valence-electron chi connectivity index (χ2n) is 7.08. The van der Waals surface area contributed by atoms with E-state index < -0.39 is 5.67 Å². The first kappa shape index (κ1) is 21.9. The van der Waals surface area contributed by atoms with Gasteiger partial charge in [0.05, 0.1) is 10.7 Å². The summed E-state index contributed by atoms with van der Waals surface area (Å²) in [4.78, 5) is 24.5. The van der Waals surface area contributed by atoms with Crippen molar-refractivity contribution in [3.63, 3.8) is 0 Å². The molecule has 2 rings (SSSR count). The molecule has 6 heteroatoms. The van der Waals surface area contributed by atoms with Crippen molar-refractivity contribution in [2.45, 2.75) is 52.1 Å². The van der Waals surface area contributed by atoms with Gasteiger partial charge in [-0.3, -0.25) is 9.59 Å². The van der Waals surface area contributed by atoms with Crippen LogP contribution in [0, 0.1) is 0 Å². The molecule has 0 radical (unpaired) electrons. The number of alkyl halides is 1. The van der Waals surface area contributed by atoms with Crippen LogP contribution in [-0.2, 0) is 16.0 Å². The molecule has 1 atom stereocenters. The average molecular weight is 405 g/mol. The first-order valence-corrected chi connectivity index (χ1v) is 9.69. The summed E-state index contributed by atoms with van der Waals surface area (Å²) in [5.41, 5.74) is 1.45. The van der Waals surface area contributed by atoms with Crippen molar-refractivity contribution >= 4 is 34.8 Å². The van der Waals surface area contributed by atoms with Crippen molar-refractivity contribution in [1.82, 2.24) is 0 Å². The molecule has 0 saturated heterocycles. The molecule has 0 bridgehead atoms. The molecule has 2 N–H and O–H groups in total. The molecule has 1 aliphatic rings. The number of hydrogen-bond acceptors (Lipinski definition) is 2. The van der Waals surface area contributed by atoms with Gasteiger partial charge in [-0.1, -0.05) is 43.3 Å². The zero-order valence-corrected chi connectivity index (χ0v) is 17.3. The maximum absolute atomic E-state index is 14.5. The molecule has 0 spiro atoms. The Bertz CT molecular complexity index is 856. The van der Waals surface area contributed by atoms with Gasteiger partial charge in [-0.25, -0.2) is 4.39 Å². The predicted molar refractivity (Wildman–Crippen MR) is 113 cm³/mol. The summed E-state index contributed by atoms with van der Waals surface area (Å²) in [6.07, 6.45) is 6.26. The summed E-state index contributed by atoms with van der Waals surface area (Å²) in [7, 11) is 0. The van der Waals surface area contributed by atoms with Gasteiger partial charge in [0.25, 0.3) is 5.91 Å². The van der Waals surface area contributed by atoms with Crippen LogP contribution in [0.4, 0.5) is 15.8 Å². The van der Waals surface area contributed by atoms with Crippen LogP contribution in [0.25, 0.3) is 0 Å². The van der Waals surface area contributed by atoms with Crippen molar-refractivity contribution in [2.24, 2.45) is 0 Å². The number of fused-ring (bicyclic) bond motifs is 1. The van der Waals surface area contributed by atoms with Gasteiger partial charge < -0.3 is 10.6 Å². The van der Waals surface area contributed by atoms with Gasteiger partial charge in [0.15, 0.2) is 0 Å². The van der Waals surface area contributed by atoms with Crippen molar-refractivity contribution in [2.75, 3.05) is 10.6 Å². The number of aryl methyl sites for hydroxylation is 1. The molecule has 4 nitrogen and oxygen atoms in total. The fraction of sp³-hybridized carbons (Fsp3) is 0.364. The molecule has 150 valence electrons. The summed E-state index contributed by atoms with van der Waals surface area (Å²) >= 11 is 6.27. The fourth-order valence-electron chi connectivity index (χ4n) is 3.02. The lowest BCUT2D eigenvalue weighted by atomic mass is 9.92. The quantitative estimate of drug-likeness (QED) is 0.449. The zero-order chi connectivity index (χ0) is 20.9. The van der Waals surface area contributed by atoms with Crippen LogP contribution in [0.15, 0.2) is 48.1 Å². The number of allylic oxidation sites excluding steroid dienone is 3. The lowest BCUT2D eigenvalue weighted by molar-refractivity contribution is -0.116. The Labute approximate surface area is 170 Å². The topological polar surface area (TPSA) is 58.2 Å². The third-order valence-electron chi connectivity index (χ3n) is 4.78. The number of halogens is 2. The Hall–Kier alpha value is -2.40. The number of rotatable bonds is 7. The number of hydrogen-bond donors (Lipinski definition) is 2. The first-order chi connectivity index (χ1) is 13.2. The van der Waals surface area contributed by atoms with Gasteiger partial charge >= 0.3 is 0 Å². The van der Waals surface area contributed by atoms with Crippen molar-refractivity contribution in [3.05, 3.63) is 58.7 Å². The highest BCUT2D eigenvalue weighted by atomic mass is 35.5. The first-order valence-electron chi connectivity index (χ1n) is 9.31. The molecule has 0 fully saturated rings. The highest BCUT2D eigenvalue weighted by molar-refractivity contribution is 6.34. The van der Waals surface area contributed by atoms with Crippen LogP contribution in [0.2, 0.25) is 5.02 Å². The third kappa shape index (κ3) is 5.32. The molecule has 0 aromatic heterocycles. The van der Waals surface area contributed by atoms with E-state index >= 15 is 0 Å². The third-order valence-corrected chi connectivity index (χ3v) is 5.08. The van der Waals surface area contributed by atoms with Crippen molar-refractivity contribution < 1.29 is 14.0 Å². The van der Waals surface area contributed by atoms with E-state index in [2.05, 4.69) is 17.2 Å². The van der Waals surface area contributed by atoms with Gasteiger partial charge in [0.1, 0.15) is 5.67 Å². The number of anilines is 2. The highest BCUT2D eigenvalue weighted by Crippen LogP contribution is 2.34. The highest BCUT2D eigenvalue weighted by Gasteiger charge is 2.25. The number of carbonyl (C=O) groups excluding carboxylic acids is 2. The Morgan fingerprint density at radius 2 is 2.14 bits per heavy atom. The lowest BCUT2D eigenvalue weighted by Gasteiger charge is -2.21. The second-order valence-corrected chi connectivity index (χ2v) is 7.49. The van der Waals surface area contributed by atoms with E-state index in [4.69, 9.17) is 11.6 Å². The normalized spacial score (nSPS) is 16.7. The minimum Gasteiger partial charge on any atom is -0.325 e. The number of carbonyl (C=O) groups is 2. The van der Waals surface area contributed by atoms with Gasteiger partial charge in [-0.15, -0.1) is 0 Å². The van der Waals surface area contributed by atoms with E-state index in [1.54, 1.807) is 38.1 Å². The summed E-state index contributed by atoms with van der Waals surface area (Å²) < 4.78 is 14.5. The van der Waals surface area contributed by atoms with E-state index in [0.29, 0.717) is 46.8 Å². The maximum atomic E-state index is 14.5. The molecule has 2 amide bonds. The fourth-order valence-corrected chi connectivity index (χ4v) is 3.30. The standard InChI is InChI=1S/C22H26ClFN2O2/c1-5-8-17(14(6-2)13-22(4,24)7-3)21(28)25-16-11-15-9-10-19(27)26-20(15)18(23)12-16/h5-6,8,11-12H,2,7,9-10,13H2,1,3-4H3,(H,25,28)(H,26,27)/b8-5-,17-14-. The second kappa shape index (κ2) is 9.20. The van der Waals surface area contributed by atoms with E-state index in [-0.39, 0.29) is 18.2 Å². The Balaban J connectivity index is 2.34. The van der Waals surface area contributed by atoms with Crippen molar-refractivity contribution in [3.8, 4) is 0 Å². The van der Waals surface area contributed by atoms with Crippen LogP contribution >= 0.6 is 11.6 Å². The Morgan fingerprint density at radius 1 is 1.43 bits per heavy atom. The summed E-state index contributed by atoms with van der Waals surface area (Å²) in [5, 5.41) is 5.95. The number of amides is 2. The summed E-state index contributed by atoms with van der Waals surface area (Å²) in [5.74, 6) is -0.443. The molecule has 0 saturated carbocycles. The minimum atomic E-state index is -1.43. The van der Waals surface area contributed by atoms with Crippen LogP contribution < -0.4 is 10.6 Å². The Morgan fingerprint density at radius 3 is 2.75 bits per heavy atom. The van der Waals surface area contributed by atoms with E-state index in [1.807, 2.05) is 0 Å². The van der Waals surface area contributed by atoms with Crippen LogP contribution in [0.1, 0.15) is 45.6 Å². The SMILES string of the molecule is C=C/C(CC(C)(F)CC)=C(\C=C/C)C(=O)Nc1cc(Cl)c2c(c1)CCC(=O)N2. The number of benzene rings is 1. The van der Waals surface area contributed by atoms with Gasteiger partial charge in [0, 0.05) is 24.1 Å². The summed E-state index contributed by atoms with van der Waals surface area (Å²) in [6.45, 7) is 8.82. The Kier molecular flexibility index (Phi) is 7.19. The monoisotopic (exact) mass is 404 g/mol. The average Bonchev–Trinajstić information content (AvgIpc) is 2.65. The van der Waals surface area contributed by atoms with Crippen molar-refractivity contribution in [1.29, 1.82) is 0 Å². The van der Waals surface area contributed by atoms with E-state index in [9.17, 15) is 14.0 Å². The molecular formula is C22H26ClFN2O2. The molecule has 1 heterocycles. The van der Waals surface area contributed by atoms with E-state index in [1.165, 1.54) is 13.0 Å². The van der Waals surface area contributed by atoms with Crippen LogP contribution in [0.5, 0.6) is 0 Å². The molecule has 28 heavy (non-hydrogen) atoms. The molecule has 0 aliphatic carbocycles. The maximum Gasteiger partial charge on any atom is 0.255 e. The minimum absolute atomic E-state index is 0.0784. The molecule has 1 aliphatic heterocycles. The predicted octanol–water partition coefficient (Wildman–Crippen LogP) is 5.75. The molecule has 1 aromatic rings. The molecule has 1 unspecified atom stereocenters. The van der Waals surface area contributed by atoms with Gasteiger partial charge in [0.2, 0.25) is 5.91 Å². The smallest absolute Gasteiger partial charge is 0.255 e. The summed E-state index contributed by atoms with van der Waals surface area (Å²) in [6, 6.07) is 3.39. The largest absolute Gasteiger partial charge is 0.325 e. The lowest BCUT2D eigenvalue weighted by Crippen LogP contribution is -2.21. The van der Waals surface area contributed by atoms with Gasteiger partial charge in [-0.05, 0) is 50.0 Å². The number of nitrogens with one attached hydrogen (secondary N) is 2. The molecular weight excluding hydrogens is 379 g/mol. The van der Waals surface area contributed by atoms with E-state index in [0.717, 1.165) is 5.56 Å².